The Labute approximate surface area is 119 Å². The molecule has 20 heavy (non-hydrogen) atoms. The average Bonchev–Trinajstić information content (AvgIpc) is 2.48. The van der Waals surface area contributed by atoms with Gasteiger partial charge in [0.2, 0.25) is 0 Å². The van der Waals surface area contributed by atoms with Gasteiger partial charge in [0.1, 0.15) is 0 Å². The summed E-state index contributed by atoms with van der Waals surface area (Å²) in [6, 6.07) is 15.2. The van der Waals surface area contributed by atoms with Gasteiger partial charge < -0.3 is 16.4 Å². The molecule has 4 N–H and O–H groups in total. The Kier molecular flexibility index (Phi) is 4.74. The van der Waals surface area contributed by atoms with Gasteiger partial charge in [-0.15, -0.1) is 0 Å². The van der Waals surface area contributed by atoms with E-state index in [2.05, 4.69) is 10.6 Å². The summed E-state index contributed by atoms with van der Waals surface area (Å²) >= 11 is 0. The Balaban J connectivity index is 2.10. The second-order valence-electron chi connectivity index (χ2n) is 4.52. The molecule has 0 aliphatic heterocycles. The first-order valence-corrected chi connectivity index (χ1v) is 6.60. The van der Waals surface area contributed by atoms with Crippen LogP contribution in [0.4, 0.5) is 5.69 Å². The van der Waals surface area contributed by atoms with Gasteiger partial charge in [0.05, 0.1) is 0 Å². The number of hydrogen-bond acceptors (Lipinski definition) is 3. The molecule has 4 nitrogen and oxygen atoms in total. The second kappa shape index (κ2) is 6.73. The molecule has 4 heteroatoms. The van der Waals surface area contributed by atoms with E-state index >= 15 is 0 Å². The first-order chi connectivity index (χ1) is 9.72. The Hall–Kier alpha value is -2.33. The van der Waals surface area contributed by atoms with Crippen LogP contribution >= 0.6 is 0 Å². The summed E-state index contributed by atoms with van der Waals surface area (Å²) in [5.41, 5.74) is 9.32. The molecule has 0 bridgehead atoms. The summed E-state index contributed by atoms with van der Waals surface area (Å²) in [4.78, 5) is 11.9. The van der Waals surface area contributed by atoms with Crippen molar-refractivity contribution < 1.29 is 4.79 Å². The molecule has 0 atom stereocenters. The van der Waals surface area contributed by atoms with Crippen LogP contribution in [-0.4, -0.2) is 26.0 Å². The molecule has 1 amide bonds. The maximum atomic E-state index is 11.9. The normalized spacial score (nSPS) is 10.2. The molecule has 2 rings (SSSR count). The van der Waals surface area contributed by atoms with Crippen molar-refractivity contribution in [2.75, 3.05) is 25.9 Å². The quantitative estimate of drug-likeness (QED) is 0.573. The van der Waals surface area contributed by atoms with Crippen molar-refractivity contribution in [2.45, 2.75) is 0 Å². The number of carbonyl (C=O) groups excluding carboxylic acids is 1. The molecule has 0 unspecified atom stereocenters. The van der Waals surface area contributed by atoms with Crippen LogP contribution in [0.15, 0.2) is 48.5 Å². The molecule has 104 valence electrons. The number of likely N-dealkylation sites (N-methyl/N-ethyl adjacent to an activating group) is 1. The number of nitrogens with two attached hydrogens (primary N) is 1. The van der Waals surface area contributed by atoms with Gasteiger partial charge in [0, 0.05) is 29.9 Å². The number of hydrogen-bond donors (Lipinski definition) is 3. The van der Waals surface area contributed by atoms with Crippen LogP contribution in [0.5, 0.6) is 0 Å². The van der Waals surface area contributed by atoms with Crippen LogP contribution in [0.25, 0.3) is 11.1 Å². The van der Waals surface area contributed by atoms with Crippen LogP contribution in [0, 0.1) is 0 Å². The Morgan fingerprint density at radius 2 is 1.75 bits per heavy atom. The number of carbonyl (C=O) groups is 1. The fourth-order valence-electron chi connectivity index (χ4n) is 1.96. The fraction of sp³-hybridized carbons (Fsp3) is 0.188. The Morgan fingerprint density at radius 3 is 2.40 bits per heavy atom. The highest BCUT2D eigenvalue weighted by molar-refractivity contribution is 5.94. The van der Waals surface area contributed by atoms with Gasteiger partial charge in [0.15, 0.2) is 0 Å². The molecule has 2 aromatic carbocycles. The number of nitrogen functional groups attached to an aromatic ring is 1. The van der Waals surface area contributed by atoms with Crippen LogP contribution in [0.3, 0.4) is 0 Å². The lowest BCUT2D eigenvalue weighted by Crippen LogP contribution is -2.30. The zero-order chi connectivity index (χ0) is 14.4. The van der Waals surface area contributed by atoms with E-state index in [9.17, 15) is 4.79 Å². The number of anilines is 1. The summed E-state index contributed by atoms with van der Waals surface area (Å²) in [6.45, 7) is 1.37. The fourth-order valence-corrected chi connectivity index (χ4v) is 1.96. The van der Waals surface area contributed by atoms with Crippen molar-refractivity contribution in [1.82, 2.24) is 10.6 Å². The maximum absolute atomic E-state index is 11.9. The van der Waals surface area contributed by atoms with Crippen molar-refractivity contribution >= 4 is 11.6 Å². The van der Waals surface area contributed by atoms with Gasteiger partial charge in [-0.3, -0.25) is 4.79 Å². The summed E-state index contributed by atoms with van der Waals surface area (Å²) in [5.74, 6) is -0.0622. The smallest absolute Gasteiger partial charge is 0.251 e. The molecule has 0 radical (unpaired) electrons. The molecule has 0 aliphatic carbocycles. The third-order valence-electron chi connectivity index (χ3n) is 3.08. The standard InChI is InChI=1S/C16H19N3O/c1-18-10-11-19-16(20)13-8-6-12(7-9-13)14-4-2-3-5-15(14)17/h2-9,18H,10-11,17H2,1H3,(H,19,20). The highest BCUT2D eigenvalue weighted by Gasteiger charge is 2.06. The van der Waals surface area contributed by atoms with E-state index in [4.69, 9.17) is 5.73 Å². The van der Waals surface area contributed by atoms with Crippen molar-refractivity contribution in [3.8, 4) is 11.1 Å². The van der Waals surface area contributed by atoms with Crippen LogP contribution in [0.2, 0.25) is 0 Å². The highest BCUT2D eigenvalue weighted by atomic mass is 16.1. The second-order valence-corrected chi connectivity index (χ2v) is 4.52. The molecule has 0 spiro atoms. The summed E-state index contributed by atoms with van der Waals surface area (Å²) in [6.07, 6.45) is 0. The summed E-state index contributed by atoms with van der Waals surface area (Å²) < 4.78 is 0. The predicted molar refractivity (Wildman–Crippen MR) is 82.6 cm³/mol. The van der Waals surface area contributed by atoms with Gasteiger partial charge in [-0.05, 0) is 30.8 Å². The summed E-state index contributed by atoms with van der Waals surface area (Å²) in [7, 11) is 1.85. The maximum Gasteiger partial charge on any atom is 0.251 e. The predicted octanol–water partition coefficient (Wildman–Crippen LogP) is 1.89. The first-order valence-electron chi connectivity index (χ1n) is 6.60. The minimum Gasteiger partial charge on any atom is -0.398 e. The van der Waals surface area contributed by atoms with Gasteiger partial charge >= 0.3 is 0 Å². The molecule has 0 saturated heterocycles. The van der Waals surface area contributed by atoms with E-state index < -0.39 is 0 Å². The zero-order valence-electron chi connectivity index (χ0n) is 11.5. The van der Waals surface area contributed by atoms with Gasteiger partial charge in [-0.25, -0.2) is 0 Å². The Morgan fingerprint density at radius 1 is 1.05 bits per heavy atom. The largest absolute Gasteiger partial charge is 0.398 e. The molecule has 0 aliphatic rings. The van der Waals surface area contributed by atoms with Crippen molar-refractivity contribution in [2.24, 2.45) is 0 Å². The number of nitrogens with one attached hydrogen (secondary N) is 2. The van der Waals surface area contributed by atoms with E-state index in [1.54, 1.807) is 0 Å². The monoisotopic (exact) mass is 269 g/mol. The average molecular weight is 269 g/mol. The zero-order valence-corrected chi connectivity index (χ0v) is 11.5. The van der Waals surface area contributed by atoms with Crippen molar-refractivity contribution in [1.29, 1.82) is 0 Å². The first kappa shape index (κ1) is 14.1. The van der Waals surface area contributed by atoms with E-state index in [-0.39, 0.29) is 5.91 Å². The molecule has 0 fully saturated rings. The van der Waals surface area contributed by atoms with Crippen LogP contribution in [0.1, 0.15) is 10.4 Å². The van der Waals surface area contributed by atoms with Gasteiger partial charge in [0.25, 0.3) is 5.91 Å². The SMILES string of the molecule is CNCCNC(=O)c1ccc(-c2ccccc2N)cc1. The highest BCUT2D eigenvalue weighted by Crippen LogP contribution is 2.25. The lowest BCUT2D eigenvalue weighted by atomic mass is 10.0. The molecule has 0 aromatic heterocycles. The molecule has 0 saturated carbocycles. The third-order valence-corrected chi connectivity index (χ3v) is 3.08. The molecular formula is C16H19N3O. The molecule has 2 aromatic rings. The number of rotatable bonds is 5. The lowest BCUT2D eigenvalue weighted by Gasteiger charge is -2.08. The Bertz CT molecular complexity index is 579. The van der Waals surface area contributed by atoms with E-state index in [0.29, 0.717) is 12.1 Å². The van der Waals surface area contributed by atoms with E-state index in [0.717, 1.165) is 23.4 Å². The topological polar surface area (TPSA) is 67.1 Å². The molecular weight excluding hydrogens is 250 g/mol. The van der Waals surface area contributed by atoms with Gasteiger partial charge in [-0.2, -0.15) is 0 Å². The number of benzene rings is 2. The molecule has 0 heterocycles. The van der Waals surface area contributed by atoms with Crippen LogP contribution in [-0.2, 0) is 0 Å². The minimum atomic E-state index is -0.0622. The van der Waals surface area contributed by atoms with Gasteiger partial charge in [-0.1, -0.05) is 30.3 Å². The lowest BCUT2D eigenvalue weighted by molar-refractivity contribution is 0.0954. The van der Waals surface area contributed by atoms with Crippen molar-refractivity contribution in [3.63, 3.8) is 0 Å². The number of para-hydroxylation sites is 1. The van der Waals surface area contributed by atoms with E-state index in [1.165, 1.54) is 0 Å². The summed E-state index contributed by atoms with van der Waals surface area (Å²) in [5, 5.41) is 5.83. The number of amides is 1. The van der Waals surface area contributed by atoms with E-state index in [1.807, 2.05) is 55.6 Å². The third kappa shape index (κ3) is 3.36. The van der Waals surface area contributed by atoms with Crippen LogP contribution < -0.4 is 16.4 Å². The minimum absolute atomic E-state index is 0.0622. The van der Waals surface area contributed by atoms with Crippen molar-refractivity contribution in [3.05, 3.63) is 54.1 Å².